The Morgan fingerprint density at radius 1 is 1.12 bits per heavy atom. The summed E-state index contributed by atoms with van der Waals surface area (Å²) in [7, 11) is 0. The fourth-order valence-corrected chi connectivity index (χ4v) is 4.10. The van der Waals surface area contributed by atoms with Gasteiger partial charge in [0, 0.05) is 4.90 Å². The van der Waals surface area contributed by atoms with Gasteiger partial charge in [-0.05, 0) is 67.0 Å². The van der Waals surface area contributed by atoms with Crippen LogP contribution in [0.15, 0.2) is 11.0 Å². The third kappa shape index (κ3) is 1.86. The molecule has 1 heterocycles. The Morgan fingerprint density at radius 2 is 1.88 bits per heavy atom. The molecule has 0 spiro atoms. The number of thioether (sulfide) groups is 1. The summed E-state index contributed by atoms with van der Waals surface area (Å²) in [4.78, 5) is 12.8. The summed E-state index contributed by atoms with van der Waals surface area (Å²) in [5.41, 5.74) is 4.17. The molecule has 0 saturated heterocycles. The number of rotatable bonds is 1. The molecule has 2 aliphatic rings. The van der Waals surface area contributed by atoms with Gasteiger partial charge in [0.15, 0.2) is 0 Å². The van der Waals surface area contributed by atoms with E-state index in [1.807, 2.05) is 11.8 Å². The fraction of sp³-hybridized carbons (Fsp3) is 0.500. The van der Waals surface area contributed by atoms with Gasteiger partial charge in [0.05, 0.1) is 5.56 Å². The minimum absolute atomic E-state index is 0.643. The van der Waals surface area contributed by atoms with Crippen LogP contribution in [-0.4, -0.2) is 16.8 Å². The van der Waals surface area contributed by atoms with Crippen LogP contribution < -0.4 is 0 Å². The lowest BCUT2D eigenvalue weighted by Gasteiger charge is -2.25. The van der Waals surface area contributed by atoms with Crippen LogP contribution in [0, 0.1) is 0 Å². The highest BCUT2D eigenvalue weighted by molar-refractivity contribution is 7.99. The highest BCUT2D eigenvalue weighted by Gasteiger charge is 2.25. The zero-order valence-corrected chi connectivity index (χ0v) is 10.6. The first-order chi connectivity index (χ1) is 8.27. The second-order valence-electron chi connectivity index (χ2n) is 4.83. The smallest absolute Gasteiger partial charge is 0.336 e. The van der Waals surface area contributed by atoms with Gasteiger partial charge >= 0.3 is 5.97 Å². The molecule has 0 fully saturated rings. The highest BCUT2D eigenvalue weighted by Crippen LogP contribution is 2.38. The third-order valence-corrected chi connectivity index (χ3v) is 4.93. The van der Waals surface area contributed by atoms with Gasteiger partial charge in [-0.25, -0.2) is 4.79 Å². The molecule has 0 radical (unpaired) electrons. The highest BCUT2D eigenvalue weighted by atomic mass is 32.2. The Bertz CT molecular complexity index is 445. The van der Waals surface area contributed by atoms with E-state index in [1.165, 1.54) is 16.9 Å². The van der Waals surface area contributed by atoms with Gasteiger partial charge in [-0.3, -0.25) is 0 Å². The summed E-state index contributed by atoms with van der Waals surface area (Å²) in [6.07, 6.45) is 6.40. The molecule has 3 heteroatoms. The number of benzene rings is 1. The van der Waals surface area contributed by atoms with Gasteiger partial charge in [0.2, 0.25) is 0 Å². The molecule has 1 aliphatic heterocycles. The van der Waals surface area contributed by atoms with Gasteiger partial charge < -0.3 is 5.11 Å². The number of aromatic carboxylic acids is 1. The van der Waals surface area contributed by atoms with E-state index in [4.69, 9.17) is 0 Å². The van der Waals surface area contributed by atoms with Gasteiger partial charge in [-0.2, -0.15) is 0 Å². The molecule has 17 heavy (non-hydrogen) atoms. The van der Waals surface area contributed by atoms with Crippen molar-refractivity contribution in [3.05, 3.63) is 28.3 Å². The topological polar surface area (TPSA) is 37.3 Å². The molecular weight excluding hydrogens is 232 g/mol. The Kier molecular flexibility index (Phi) is 2.87. The summed E-state index contributed by atoms with van der Waals surface area (Å²) < 4.78 is 0. The van der Waals surface area contributed by atoms with Crippen LogP contribution in [0.2, 0.25) is 0 Å². The minimum Gasteiger partial charge on any atom is -0.478 e. The Hall–Kier alpha value is -0.960. The molecular formula is C14H16O2S. The molecule has 1 aliphatic carbocycles. The standard InChI is InChI=1S/C14H16O2S/c15-14(16)13-10-5-2-1-4-9(10)8-12-11(13)6-3-7-17-12/h8H,1-7H2,(H,15,16). The maximum atomic E-state index is 11.5. The molecule has 0 amide bonds. The summed E-state index contributed by atoms with van der Waals surface area (Å²) in [5.74, 6) is 0.410. The Balaban J connectivity index is 2.23. The van der Waals surface area contributed by atoms with Crippen LogP contribution in [0.1, 0.15) is 46.3 Å². The number of carboxylic acid groups (broad SMARTS) is 1. The van der Waals surface area contributed by atoms with Crippen LogP contribution in [0.3, 0.4) is 0 Å². The van der Waals surface area contributed by atoms with Crippen molar-refractivity contribution in [1.29, 1.82) is 0 Å². The lowest BCUT2D eigenvalue weighted by molar-refractivity contribution is 0.0693. The SMILES string of the molecule is O=C(O)c1c2c(cc3c1CCCS3)CCCC2. The monoisotopic (exact) mass is 248 g/mol. The first-order valence-electron chi connectivity index (χ1n) is 6.31. The van der Waals surface area contributed by atoms with Crippen molar-refractivity contribution in [3.63, 3.8) is 0 Å². The number of hydrogen-bond donors (Lipinski definition) is 1. The Labute approximate surface area is 105 Å². The van der Waals surface area contributed by atoms with Crippen molar-refractivity contribution in [3.8, 4) is 0 Å². The maximum absolute atomic E-state index is 11.5. The molecule has 2 nitrogen and oxygen atoms in total. The quantitative estimate of drug-likeness (QED) is 0.828. The van der Waals surface area contributed by atoms with Gasteiger partial charge in [-0.15, -0.1) is 11.8 Å². The molecule has 0 atom stereocenters. The summed E-state index contributed by atoms with van der Waals surface area (Å²) in [6, 6.07) is 2.26. The van der Waals surface area contributed by atoms with Gasteiger partial charge in [0.25, 0.3) is 0 Å². The number of carboxylic acids is 1. The summed E-state index contributed by atoms with van der Waals surface area (Å²) in [5, 5.41) is 9.49. The molecule has 0 saturated carbocycles. The van der Waals surface area contributed by atoms with Crippen LogP contribution in [-0.2, 0) is 19.3 Å². The number of fused-ring (bicyclic) bond motifs is 2. The molecule has 0 bridgehead atoms. The van der Waals surface area contributed by atoms with E-state index in [-0.39, 0.29) is 0 Å². The number of hydrogen-bond acceptors (Lipinski definition) is 2. The largest absolute Gasteiger partial charge is 0.478 e. The van der Waals surface area contributed by atoms with Crippen molar-refractivity contribution in [1.82, 2.24) is 0 Å². The average molecular weight is 248 g/mol. The van der Waals surface area contributed by atoms with Crippen molar-refractivity contribution in [2.45, 2.75) is 43.4 Å². The van der Waals surface area contributed by atoms with E-state index in [2.05, 4.69) is 6.07 Å². The number of carbonyl (C=O) groups is 1. The zero-order valence-electron chi connectivity index (χ0n) is 9.79. The minimum atomic E-state index is -0.720. The van der Waals surface area contributed by atoms with E-state index in [0.29, 0.717) is 5.56 Å². The molecule has 3 rings (SSSR count). The van der Waals surface area contributed by atoms with E-state index in [0.717, 1.165) is 49.0 Å². The molecule has 1 N–H and O–H groups in total. The van der Waals surface area contributed by atoms with Crippen LogP contribution in [0.4, 0.5) is 0 Å². The van der Waals surface area contributed by atoms with Crippen molar-refractivity contribution >= 4 is 17.7 Å². The van der Waals surface area contributed by atoms with Crippen LogP contribution >= 0.6 is 11.8 Å². The molecule has 1 aromatic carbocycles. The first kappa shape index (κ1) is 11.1. The summed E-state index contributed by atoms with van der Waals surface area (Å²) in [6.45, 7) is 0. The van der Waals surface area contributed by atoms with Crippen LogP contribution in [0.5, 0.6) is 0 Å². The lowest BCUT2D eigenvalue weighted by Crippen LogP contribution is -2.16. The first-order valence-corrected chi connectivity index (χ1v) is 7.29. The molecule has 1 aromatic rings. The predicted molar refractivity (Wildman–Crippen MR) is 69.1 cm³/mol. The van der Waals surface area contributed by atoms with E-state index >= 15 is 0 Å². The molecule has 90 valence electrons. The van der Waals surface area contributed by atoms with Gasteiger partial charge in [-0.1, -0.05) is 0 Å². The predicted octanol–water partition coefficient (Wildman–Crippen LogP) is 3.30. The maximum Gasteiger partial charge on any atom is 0.336 e. The van der Waals surface area contributed by atoms with Crippen molar-refractivity contribution in [2.75, 3.05) is 5.75 Å². The fourth-order valence-electron chi connectivity index (χ4n) is 2.99. The Morgan fingerprint density at radius 3 is 2.71 bits per heavy atom. The average Bonchev–Trinajstić information content (AvgIpc) is 2.35. The van der Waals surface area contributed by atoms with Gasteiger partial charge in [0.1, 0.15) is 0 Å². The van der Waals surface area contributed by atoms with Crippen LogP contribution in [0.25, 0.3) is 0 Å². The van der Waals surface area contributed by atoms with E-state index < -0.39 is 5.97 Å². The third-order valence-electron chi connectivity index (χ3n) is 3.76. The van der Waals surface area contributed by atoms with E-state index in [1.54, 1.807) is 0 Å². The second kappa shape index (κ2) is 4.37. The number of aryl methyl sites for hydroxylation is 1. The zero-order chi connectivity index (χ0) is 11.8. The summed E-state index contributed by atoms with van der Waals surface area (Å²) >= 11 is 1.83. The molecule has 0 unspecified atom stereocenters. The second-order valence-corrected chi connectivity index (χ2v) is 5.97. The lowest BCUT2D eigenvalue weighted by atomic mass is 9.85. The van der Waals surface area contributed by atoms with Crippen molar-refractivity contribution in [2.24, 2.45) is 0 Å². The normalized spacial score (nSPS) is 18.4. The van der Waals surface area contributed by atoms with Crippen molar-refractivity contribution < 1.29 is 9.90 Å². The van der Waals surface area contributed by atoms with E-state index in [9.17, 15) is 9.90 Å². The molecule has 0 aromatic heterocycles.